The van der Waals surface area contributed by atoms with Crippen molar-refractivity contribution in [3.8, 4) is 0 Å². The smallest absolute Gasteiger partial charge is 0.225 e. The number of halogens is 1. The number of aliphatic hydroxyl groups is 4. The number of benzene rings is 2. The number of ether oxygens (including phenoxy) is 2. The second kappa shape index (κ2) is 7.57. The summed E-state index contributed by atoms with van der Waals surface area (Å²) >= 11 is 1.60. The van der Waals surface area contributed by atoms with Crippen LogP contribution >= 0.6 is 11.3 Å². The van der Waals surface area contributed by atoms with Gasteiger partial charge in [-0.15, -0.1) is 11.3 Å². The first-order valence-corrected chi connectivity index (χ1v) is 11.5. The predicted octanol–water partition coefficient (Wildman–Crippen LogP) is 2.20. The van der Waals surface area contributed by atoms with Crippen molar-refractivity contribution in [1.29, 1.82) is 0 Å². The van der Waals surface area contributed by atoms with E-state index in [2.05, 4.69) is 0 Å². The topological polar surface area (TPSA) is 104 Å². The van der Waals surface area contributed by atoms with Crippen LogP contribution in [-0.2, 0) is 28.4 Å². The molecule has 4 N–H and O–H groups in total. The number of nitrogens with zero attached hydrogens (tertiary/aromatic N) is 1. The highest BCUT2D eigenvalue weighted by molar-refractivity contribution is 7.19. The number of fused-ring (bicyclic) bond motifs is 4. The molecule has 7 nitrogen and oxygen atoms in total. The molecule has 0 unspecified atom stereocenters. The van der Waals surface area contributed by atoms with E-state index in [9.17, 15) is 24.8 Å². The molecule has 2 aliphatic rings. The molecule has 172 valence electrons. The van der Waals surface area contributed by atoms with E-state index in [1.54, 1.807) is 17.4 Å². The largest absolute Gasteiger partial charge is 0.394 e. The predicted molar refractivity (Wildman–Crippen MR) is 119 cm³/mol. The second-order valence-electron chi connectivity index (χ2n) is 8.63. The molecule has 0 amide bonds. The number of aliphatic hydroxyl groups excluding tert-OH is 4. The zero-order chi connectivity index (χ0) is 22.9. The van der Waals surface area contributed by atoms with Gasteiger partial charge < -0.3 is 34.5 Å². The summed E-state index contributed by atoms with van der Waals surface area (Å²) in [5.74, 6) is -1.95. The zero-order valence-corrected chi connectivity index (χ0v) is 18.2. The Labute approximate surface area is 191 Å². The molecule has 6 rings (SSSR count). The fourth-order valence-corrected chi connectivity index (χ4v) is 5.97. The number of hydrogen-bond acceptors (Lipinski definition) is 7. The van der Waals surface area contributed by atoms with Crippen LogP contribution < -0.4 is 0 Å². The van der Waals surface area contributed by atoms with Crippen molar-refractivity contribution in [3.63, 3.8) is 0 Å². The maximum atomic E-state index is 13.6. The Hall–Kier alpha value is -2.37. The molecule has 1 spiro atoms. The van der Waals surface area contributed by atoms with Gasteiger partial charge in [0.05, 0.1) is 19.8 Å². The number of aromatic nitrogens is 1. The molecule has 0 aliphatic carbocycles. The van der Waals surface area contributed by atoms with Gasteiger partial charge in [0.1, 0.15) is 30.2 Å². The molecule has 4 heterocycles. The Balaban J connectivity index is 1.41. The average Bonchev–Trinajstić information content (AvgIpc) is 3.49. The summed E-state index contributed by atoms with van der Waals surface area (Å²) in [6.45, 7) is 0.202. The lowest BCUT2D eigenvalue weighted by Gasteiger charge is -2.46. The van der Waals surface area contributed by atoms with E-state index in [1.807, 2.05) is 35.0 Å². The van der Waals surface area contributed by atoms with Crippen molar-refractivity contribution in [2.45, 2.75) is 43.4 Å². The third-order valence-electron chi connectivity index (χ3n) is 6.62. The lowest BCUT2D eigenvalue weighted by molar-refractivity contribution is -0.368. The molecule has 0 bridgehead atoms. The van der Waals surface area contributed by atoms with E-state index in [1.165, 1.54) is 12.1 Å². The zero-order valence-electron chi connectivity index (χ0n) is 17.4. The third-order valence-corrected chi connectivity index (χ3v) is 7.72. The quantitative estimate of drug-likeness (QED) is 0.365. The summed E-state index contributed by atoms with van der Waals surface area (Å²) in [6.07, 6.45) is -3.64. The van der Waals surface area contributed by atoms with Crippen molar-refractivity contribution in [1.82, 2.24) is 4.57 Å². The van der Waals surface area contributed by atoms with Gasteiger partial charge in [0.15, 0.2) is 0 Å². The Morgan fingerprint density at radius 2 is 1.91 bits per heavy atom. The van der Waals surface area contributed by atoms with Crippen LogP contribution in [0.4, 0.5) is 4.39 Å². The van der Waals surface area contributed by atoms with E-state index < -0.39 is 36.8 Å². The van der Waals surface area contributed by atoms with Crippen LogP contribution in [0.3, 0.4) is 0 Å². The van der Waals surface area contributed by atoms with Crippen LogP contribution in [0.2, 0.25) is 0 Å². The van der Waals surface area contributed by atoms with E-state index in [0.717, 1.165) is 31.4 Å². The van der Waals surface area contributed by atoms with Gasteiger partial charge in [0, 0.05) is 26.9 Å². The van der Waals surface area contributed by atoms with Crippen LogP contribution in [0.15, 0.2) is 48.7 Å². The minimum absolute atomic E-state index is 0.163. The minimum atomic E-state index is -1.68. The monoisotopic (exact) mass is 471 g/mol. The maximum Gasteiger partial charge on any atom is 0.225 e. The summed E-state index contributed by atoms with van der Waals surface area (Å²) < 4.78 is 28.4. The van der Waals surface area contributed by atoms with Gasteiger partial charge in [-0.1, -0.05) is 0 Å². The highest BCUT2D eigenvalue weighted by Gasteiger charge is 2.58. The van der Waals surface area contributed by atoms with Crippen LogP contribution in [-0.4, -0.2) is 56.0 Å². The third kappa shape index (κ3) is 3.16. The van der Waals surface area contributed by atoms with Gasteiger partial charge in [0.25, 0.3) is 0 Å². The first-order chi connectivity index (χ1) is 15.9. The van der Waals surface area contributed by atoms with E-state index in [-0.39, 0.29) is 12.4 Å². The molecule has 33 heavy (non-hydrogen) atoms. The number of rotatable bonds is 3. The van der Waals surface area contributed by atoms with Crippen LogP contribution in [0.25, 0.3) is 21.0 Å². The van der Waals surface area contributed by atoms with Gasteiger partial charge in [-0.05, 0) is 58.8 Å². The standard InChI is InChI=1S/C24H22FNO6S/c25-15-1-2-20-13(6-15)7-16(33-20)9-26-4-3-12-5-14-11-31-24(17(14)8-18(12)26)23(30)22(29)21(28)19(10-27)32-24/h1-8,19,21-23,27-30H,9-11H2/t19-,21-,22+,23-,24+/m1/s1. The maximum absolute atomic E-state index is 13.6. The first kappa shape index (κ1) is 21.2. The summed E-state index contributed by atoms with van der Waals surface area (Å²) in [7, 11) is 0. The first-order valence-electron chi connectivity index (χ1n) is 10.7. The van der Waals surface area contributed by atoms with Crippen molar-refractivity contribution in [2.24, 2.45) is 0 Å². The molecule has 9 heteroatoms. The van der Waals surface area contributed by atoms with Gasteiger partial charge in [-0.2, -0.15) is 0 Å². The molecule has 2 aliphatic heterocycles. The molecule has 0 radical (unpaired) electrons. The molecular weight excluding hydrogens is 449 g/mol. The Morgan fingerprint density at radius 3 is 2.73 bits per heavy atom. The Morgan fingerprint density at radius 1 is 1.06 bits per heavy atom. The number of thiophene rings is 1. The molecule has 5 atom stereocenters. The second-order valence-corrected chi connectivity index (χ2v) is 9.80. The molecule has 2 aromatic carbocycles. The average molecular weight is 472 g/mol. The Bertz CT molecular complexity index is 1370. The molecule has 0 saturated carbocycles. The molecule has 1 saturated heterocycles. The van der Waals surface area contributed by atoms with E-state index in [0.29, 0.717) is 12.1 Å². The van der Waals surface area contributed by atoms with Gasteiger partial charge in [-0.3, -0.25) is 0 Å². The van der Waals surface area contributed by atoms with Crippen LogP contribution in [0.1, 0.15) is 16.0 Å². The Kier molecular flexibility index (Phi) is 4.86. The van der Waals surface area contributed by atoms with Gasteiger partial charge in [0.2, 0.25) is 5.79 Å². The van der Waals surface area contributed by atoms with E-state index in [4.69, 9.17) is 9.47 Å². The highest BCUT2D eigenvalue weighted by atomic mass is 32.1. The van der Waals surface area contributed by atoms with Crippen molar-refractivity contribution < 1.29 is 34.3 Å². The molecular formula is C24H22FNO6S. The fourth-order valence-electron chi connectivity index (χ4n) is 4.93. The summed E-state index contributed by atoms with van der Waals surface area (Å²) in [4.78, 5) is 1.06. The van der Waals surface area contributed by atoms with Gasteiger partial charge in [-0.25, -0.2) is 4.39 Å². The van der Waals surface area contributed by atoms with Crippen LogP contribution in [0, 0.1) is 5.82 Å². The normalized spacial score (nSPS) is 29.4. The van der Waals surface area contributed by atoms with E-state index >= 15 is 0 Å². The van der Waals surface area contributed by atoms with Crippen molar-refractivity contribution in [3.05, 3.63) is 70.5 Å². The lowest BCUT2D eigenvalue weighted by atomic mass is 9.87. The number of hydrogen-bond donors (Lipinski definition) is 4. The molecule has 1 fully saturated rings. The molecule has 2 aromatic heterocycles. The minimum Gasteiger partial charge on any atom is -0.394 e. The van der Waals surface area contributed by atoms with Crippen molar-refractivity contribution >= 4 is 32.3 Å². The SMILES string of the molecule is OC[C@H]1O[C@]2(OCc3cc4ccn(Cc5cc6cc(F)ccc6s5)c4cc32)[C@H](O)[C@@H](O)[C@@H]1O. The summed E-state index contributed by atoms with van der Waals surface area (Å²) in [5.41, 5.74) is 2.24. The lowest BCUT2D eigenvalue weighted by Crippen LogP contribution is -2.63. The van der Waals surface area contributed by atoms with Gasteiger partial charge >= 0.3 is 0 Å². The van der Waals surface area contributed by atoms with Crippen LogP contribution in [0.5, 0.6) is 0 Å². The fraction of sp³-hybridized carbons (Fsp3) is 0.333. The molecule has 4 aromatic rings. The highest BCUT2D eigenvalue weighted by Crippen LogP contribution is 2.47. The summed E-state index contributed by atoms with van der Waals surface area (Å²) in [5, 5.41) is 42.8. The van der Waals surface area contributed by atoms with Crippen molar-refractivity contribution in [2.75, 3.05) is 6.61 Å². The summed E-state index contributed by atoms with van der Waals surface area (Å²) in [6, 6.07) is 12.5.